The Labute approximate surface area is 117 Å². The van der Waals surface area contributed by atoms with E-state index in [1.807, 2.05) is 13.8 Å². The number of halogens is 2. The van der Waals surface area contributed by atoms with Crippen molar-refractivity contribution in [1.29, 1.82) is 0 Å². The van der Waals surface area contributed by atoms with Crippen LogP contribution < -0.4 is 11.1 Å². The zero-order valence-electron chi connectivity index (χ0n) is 9.96. The van der Waals surface area contributed by atoms with E-state index in [1.54, 1.807) is 11.4 Å². The van der Waals surface area contributed by atoms with Gasteiger partial charge in [0.1, 0.15) is 4.88 Å². The van der Waals surface area contributed by atoms with Crippen molar-refractivity contribution in [3.63, 3.8) is 0 Å². The van der Waals surface area contributed by atoms with Crippen molar-refractivity contribution in [3.05, 3.63) is 21.3 Å². The summed E-state index contributed by atoms with van der Waals surface area (Å²) in [5.41, 5.74) is 5.41. The fourth-order valence-electron chi connectivity index (χ4n) is 1.52. The zero-order chi connectivity index (χ0) is 12.2. The van der Waals surface area contributed by atoms with Gasteiger partial charge in [0.15, 0.2) is 0 Å². The molecule has 17 heavy (non-hydrogen) atoms. The van der Waals surface area contributed by atoms with Gasteiger partial charge in [-0.25, -0.2) is 0 Å². The first-order valence-electron chi connectivity index (χ1n) is 5.34. The summed E-state index contributed by atoms with van der Waals surface area (Å²) in [6.07, 6.45) is 1.63. The number of hydrogen-bond donors (Lipinski definition) is 2. The van der Waals surface area contributed by atoms with Crippen LogP contribution in [0.15, 0.2) is 11.4 Å². The number of carbonyl (C=O) groups excluding carboxylic acids is 1. The predicted octanol–water partition coefficient (Wildman–Crippen LogP) is 3.07. The number of amides is 1. The molecule has 0 saturated carbocycles. The Morgan fingerprint density at radius 3 is 2.47 bits per heavy atom. The first-order valence-corrected chi connectivity index (χ1v) is 6.60. The molecule has 1 aromatic rings. The van der Waals surface area contributed by atoms with E-state index in [1.165, 1.54) is 11.3 Å². The van der Waals surface area contributed by atoms with Crippen molar-refractivity contribution >= 4 is 41.3 Å². The van der Waals surface area contributed by atoms with Gasteiger partial charge >= 0.3 is 0 Å². The molecule has 3 nitrogen and oxygen atoms in total. The summed E-state index contributed by atoms with van der Waals surface area (Å²) in [7, 11) is 0. The lowest BCUT2D eigenvalue weighted by Gasteiger charge is -2.31. The predicted molar refractivity (Wildman–Crippen MR) is 76.4 cm³/mol. The van der Waals surface area contributed by atoms with Gasteiger partial charge in [-0.3, -0.25) is 4.79 Å². The minimum Gasteiger partial charge on any atom is -0.345 e. The molecular weight excluding hydrogens is 279 g/mol. The molecule has 0 aromatic carbocycles. The van der Waals surface area contributed by atoms with E-state index in [4.69, 9.17) is 17.3 Å². The second-order valence-corrected chi connectivity index (χ2v) is 5.07. The fourth-order valence-corrected chi connectivity index (χ4v) is 2.56. The molecule has 0 saturated heterocycles. The number of nitrogens with two attached hydrogens (primary N) is 1. The van der Waals surface area contributed by atoms with Crippen LogP contribution in [0.3, 0.4) is 0 Å². The largest absolute Gasteiger partial charge is 0.345 e. The highest BCUT2D eigenvalue weighted by Gasteiger charge is 2.27. The Morgan fingerprint density at radius 1 is 1.53 bits per heavy atom. The lowest BCUT2D eigenvalue weighted by molar-refractivity contribution is 0.0899. The minimum atomic E-state index is -0.315. The molecule has 0 aliphatic carbocycles. The summed E-state index contributed by atoms with van der Waals surface area (Å²) in [5, 5.41) is 5.29. The number of rotatable bonds is 5. The van der Waals surface area contributed by atoms with Crippen molar-refractivity contribution in [3.8, 4) is 0 Å². The van der Waals surface area contributed by atoms with Crippen LogP contribution in [-0.4, -0.2) is 18.0 Å². The van der Waals surface area contributed by atoms with E-state index < -0.39 is 0 Å². The van der Waals surface area contributed by atoms with E-state index in [0.29, 0.717) is 16.4 Å². The number of nitrogens with one attached hydrogen (secondary N) is 1. The fraction of sp³-hybridized carbons (Fsp3) is 0.545. The number of hydrogen-bond acceptors (Lipinski definition) is 3. The molecule has 3 N–H and O–H groups in total. The Bertz CT molecular complexity index is 356. The van der Waals surface area contributed by atoms with Crippen molar-refractivity contribution in [2.75, 3.05) is 6.54 Å². The van der Waals surface area contributed by atoms with Crippen molar-refractivity contribution in [1.82, 2.24) is 5.32 Å². The molecule has 0 atom stereocenters. The third-order valence-corrected chi connectivity index (χ3v) is 4.29. The minimum absolute atomic E-state index is 0. The van der Waals surface area contributed by atoms with Gasteiger partial charge in [0.25, 0.3) is 5.91 Å². The molecule has 0 aliphatic rings. The normalized spacial score (nSPS) is 10.8. The third kappa shape index (κ3) is 3.85. The van der Waals surface area contributed by atoms with E-state index in [2.05, 4.69) is 5.32 Å². The van der Waals surface area contributed by atoms with E-state index in [9.17, 15) is 4.79 Å². The maximum Gasteiger partial charge on any atom is 0.263 e. The van der Waals surface area contributed by atoms with Gasteiger partial charge in [-0.1, -0.05) is 25.4 Å². The summed E-state index contributed by atoms with van der Waals surface area (Å²) < 4.78 is 0. The van der Waals surface area contributed by atoms with Gasteiger partial charge in [-0.2, -0.15) is 0 Å². The van der Waals surface area contributed by atoms with Gasteiger partial charge in [0, 0.05) is 6.54 Å². The van der Waals surface area contributed by atoms with Gasteiger partial charge < -0.3 is 11.1 Å². The summed E-state index contributed by atoms with van der Waals surface area (Å²) in [4.78, 5) is 12.5. The molecule has 1 heterocycles. The van der Waals surface area contributed by atoms with Crippen molar-refractivity contribution < 1.29 is 4.79 Å². The van der Waals surface area contributed by atoms with E-state index >= 15 is 0 Å². The summed E-state index contributed by atoms with van der Waals surface area (Å²) in [5.74, 6) is -0.130. The Hall–Kier alpha value is -0.290. The van der Waals surface area contributed by atoms with Crippen LogP contribution in [0.2, 0.25) is 5.02 Å². The first kappa shape index (κ1) is 16.7. The van der Waals surface area contributed by atoms with Gasteiger partial charge in [0.05, 0.1) is 10.6 Å². The standard InChI is InChI=1S/C11H17ClN2OS.ClH/c1-3-11(4-2,7-13)14-10(15)9-8(12)5-6-16-9;/h5-6H,3-4,7,13H2,1-2H3,(H,14,15);1H. The summed E-state index contributed by atoms with van der Waals surface area (Å²) in [6, 6.07) is 1.73. The average Bonchev–Trinajstić information content (AvgIpc) is 2.72. The van der Waals surface area contributed by atoms with Crippen LogP contribution in [0.1, 0.15) is 36.4 Å². The van der Waals surface area contributed by atoms with Gasteiger partial charge in [-0.05, 0) is 24.3 Å². The van der Waals surface area contributed by atoms with Crippen LogP contribution in [0.25, 0.3) is 0 Å². The van der Waals surface area contributed by atoms with Gasteiger partial charge in [0.2, 0.25) is 0 Å². The molecule has 1 amide bonds. The Balaban J connectivity index is 0.00000256. The topological polar surface area (TPSA) is 55.1 Å². The van der Waals surface area contributed by atoms with Crippen molar-refractivity contribution in [2.45, 2.75) is 32.2 Å². The highest BCUT2D eigenvalue weighted by atomic mass is 35.5. The molecule has 1 aromatic heterocycles. The lowest BCUT2D eigenvalue weighted by Crippen LogP contribution is -2.52. The molecule has 6 heteroatoms. The molecule has 0 bridgehead atoms. The maximum absolute atomic E-state index is 12.0. The van der Waals surface area contributed by atoms with Gasteiger partial charge in [-0.15, -0.1) is 23.7 Å². The highest BCUT2D eigenvalue weighted by molar-refractivity contribution is 7.12. The quantitative estimate of drug-likeness (QED) is 0.877. The number of carbonyl (C=O) groups is 1. The molecule has 98 valence electrons. The maximum atomic E-state index is 12.0. The summed E-state index contributed by atoms with van der Waals surface area (Å²) in [6.45, 7) is 4.48. The van der Waals surface area contributed by atoms with Crippen LogP contribution >= 0.6 is 35.3 Å². The molecule has 0 radical (unpaired) electrons. The zero-order valence-corrected chi connectivity index (χ0v) is 12.3. The second kappa shape index (κ2) is 7.21. The molecule has 0 spiro atoms. The molecule has 1 rings (SSSR count). The van der Waals surface area contributed by atoms with E-state index in [0.717, 1.165) is 12.8 Å². The van der Waals surface area contributed by atoms with Crippen LogP contribution in [-0.2, 0) is 0 Å². The second-order valence-electron chi connectivity index (χ2n) is 3.74. The molecule has 0 aliphatic heterocycles. The average molecular weight is 297 g/mol. The van der Waals surface area contributed by atoms with E-state index in [-0.39, 0.29) is 23.9 Å². The first-order chi connectivity index (χ1) is 7.58. The highest BCUT2D eigenvalue weighted by Crippen LogP contribution is 2.23. The Kier molecular flexibility index (Phi) is 7.09. The Morgan fingerprint density at radius 2 is 2.12 bits per heavy atom. The van der Waals surface area contributed by atoms with Crippen LogP contribution in [0, 0.1) is 0 Å². The molecule has 0 fully saturated rings. The summed E-state index contributed by atoms with van der Waals surface area (Å²) >= 11 is 7.26. The molecule has 0 unspecified atom stereocenters. The SMILES string of the molecule is CCC(CC)(CN)NC(=O)c1sccc1Cl.Cl. The molecular formula is C11H18Cl2N2OS. The lowest BCUT2D eigenvalue weighted by atomic mass is 9.93. The van der Waals surface area contributed by atoms with Crippen LogP contribution in [0.5, 0.6) is 0 Å². The van der Waals surface area contributed by atoms with Crippen LogP contribution in [0.4, 0.5) is 0 Å². The van der Waals surface area contributed by atoms with Crippen molar-refractivity contribution in [2.24, 2.45) is 5.73 Å². The third-order valence-electron chi connectivity index (χ3n) is 2.95. The number of thiophene rings is 1. The monoisotopic (exact) mass is 296 g/mol. The smallest absolute Gasteiger partial charge is 0.263 e.